The fourth-order valence-electron chi connectivity index (χ4n) is 5.74. The number of hydrogen-bond donors (Lipinski definition) is 1. The quantitative estimate of drug-likeness (QED) is 0.333. The first-order valence-corrected chi connectivity index (χ1v) is 13.0. The van der Waals surface area contributed by atoms with E-state index in [9.17, 15) is 10.1 Å². The molecule has 0 spiro atoms. The molecule has 2 fully saturated rings. The van der Waals surface area contributed by atoms with Gasteiger partial charge in [0.1, 0.15) is 11.9 Å². The summed E-state index contributed by atoms with van der Waals surface area (Å²) in [6.07, 6.45) is 5.02. The van der Waals surface area contributed by atoms with Gasteiger partial charge in [0.05, 0.1) is 16.6 Å². The van der Waals surface area contributed by atoms with Gasteiger partial charge < -0.3 is 14.5 Å². The summed E-state index contributed by atoms with van der Waals surface area (Å²) in [5, 5.41) is 11.1. The van der Waals surface area contributed by atoms with E-state index in [4.69, 9.17) is 4.98 Å². The highest BCUT2D eigenvalue weighted by molar-refractivity contribution is 5.87. The van der Waals surface area contributed by atoms with Gasteiger partial charge in [0.2, 0.25) is 5.91 Å². The Bertz CT molecular complexity index is 1680. The molecule has 182 valence electrons. The van der Waals surface area contributed by atoms with E-state index in [2.05, 4.69) is 64.2 Å². The summed E-state index contributed by atoms with van der Waals surface area (Å²) in [7, 11) is 0. The van der Waals surface area contributed by atoms with Gasteiger partial charge in [0.15, 0.2) is 0 Å². The largest absolute Gasteiger partial charge is 0.361 e. The molecule has 7 rings (SSSR count). The van der Waals surface area contributed by atoms with Crippen molar-refractivity contribution in [1.29, 1.82) is 5.26 Å². The summed E-state index contributed by atoms with van der Waals surface area (Å²) < 4.78 is 2.21. The third-order valence-corrected chi connectivity index (χ3v) is 7.88. The van der Waals surface area contributed by atoms with Gasteiger partial charge in [-0.05, 0) is 66.0 Å². The Labute approximate surface area is 215 Å². The predicted octanol–water partition coefficient (Wildman–Crippen LogP) is 5.98. The molecule has 2 aliphatic rings. The molecule has 1 aliphatic heterocycles. The zero-order chi connectivity index (χ0) is 24.9. The first-order chi connectivity index (χ1) is 18.2. The molecule has 3 heterocycles. The third kappa shape index (κ3) is 3.88. The van der Waals surface area contributed by atoms with E-state index >= 15 is 0 Å². The Balaban J connectivity index is 1.24. The average Bonchev–Trinajstić information content (AvgIpc) is 3.32. The number of likely N-dealkylation sites (tertiary alicyclic amines) is 1. The van der Waals surface area contributed by atoms with Crippen molar-refractivity contribution >= 4 is 27.8 Å². The van der Waals surface area contributed by atoms with Crippen LogP contribution in [0.1, 0.15) is 24.8 Å². The van der Waals surface area contributed by atoms with E-state index in [1.54, 1.807) is 0 Å². The van der Waals surface area contributed by atoms with Gasteiger partial charge in [0.25, 0.3) is 0 Å². The molecule has 6 nitrogen and oxygen atoms in total. The number of hydrogen-bond acceptors (Lipinski definition) is 3. The van der Waals surface area contributed by atoms with Gasteiger partial charge in [0, 0.05) is 42.8 Å². The Morgan fingerprint density at radius 3 is 2.62 bits per heavy atom. The number of imidazole rings is 1. The van der Waals surface area contributed by atoms with Crippen molar-refractivity contribution in [2.45, 2.75) is 25.8 Å². The maximum Gasteiger partial charge on any atom is 0.225 e. The number of nitrogens with one attached hydrogen (secondary N) is 1. The molecule has 1 saturated carbocycles. The number of nitriles is 1. The van der Waals surface area contributed by atoms with Crippen LogP contribution in [0, 0.1) is 23.2 Å². The number of nitrogens with zero attached hydrogens (tertiary/aromatic N) is 4. The van der Waals surface area contributed by atoms with Crippen molar-refractivity contribution in [2.75, 3.05) is 13.1 Å². The van der Waals surface area contributed by atoms with Crippen LogP contribution in [0.4, 0.5) is 0 Å². The lowest BCUT2D eigenvalue weighted by atomic mass is 10.0. The maximum atomic E-state index is 12.6. The standard InChI is InChI=1S/C31H27N5O/c32-17-26-2-1-3-27-29(26)36(19-20-13-15-35(18-20)31(37)24-9-10-24)30(34-27)23-7-4-21(5-8-23)25-11-6-22-12-14-33-28(22)16-25/h1-8,11-12,14,16,20,24,33H,9-10,13,15,18-19H2/t20-/m0/s1. The summed E-state index contributed by atoms with van der Waals surface area (Å²) in [4.78, 5) is 22.9. The minimum absolute atomic E-state index is 0.254. The predicted molar refractivity (Wildman–Crippen MR) is 145 cm³/mol. The maximum absolute atomic E-state index is 12.6. The highest BCUT2D eigenvalue weighted by Gasteiger charge is 2.37. The van der Waals surface area contributed by atoms with Crippen molar-refractivity contribution in [1.82, 2.24) is 19.4 Å². The molecule has 2 aromatic heterocycles. The molecule has 0 bridgehead atoms. The number of fused-ring (bicyclic) bond motifs is 2. The summed E-state index contributed by atoms with van der Waals surface area (Å²) >= 11 is 0. The number of H-pyrrole nitrogens is 1. The molecular formula is C31H27N5O. The average molecular weight is 486 g/mol. The summed E-state index contributed by atoms with van der Waals surface area (Å²) in [5.74, 6) is 1.79. The first kappa shape index (κ1) is 21.9. The van der Waals surface area contributed by atoms with E-state index < -0.39 is 0 Å². The van der Waals surface area contributed by atoms with Crippen LogP contribution in [-0.4, -0.2) is 38.4 Å². The SMILES string of the molecule is N#Cc1cccc2nc(-c3ccc(-c4ccc5cc[nH]c5c4)cc3)n(C[C@H]3CCN(C(=O)C4CC4)C3)c12. The molecule has 3 aromatic carbocycles. The van der Waals surface area contributed by atoms with Crippen LogP contribution in [0.15, 0.2) is 72.9 Å². The smallest absolute Gasteiger partial charge is 0.225 e. The van der Waals surface area contributed by atoms with Crippen LogP contribution in [0.5, 0.6) is 0 Å². The minimum atomic E-state index is 0.254. The minimum Gasteiger partial charge on any atom is -0.361 e. The summed E-state index contributed by atoms with van der Waals surface area (Å²) in [6, 6.07) is 25.2. The van der Waals surface area contributed by atoms with Crippen molar-refractivity contribution in [2.24, 2.45) is 11.8 Å². The molecule has 1 amide bonds. The lowest BCUT2D eigenvalue weighted by molar-refractivity contribution is -0.131. The van der Waals surface area contributed by atoms with Gasteiger partial charge >= 0.3 is 0 Å². The van der Waals surface area contributed by atoms with Gasteiger partial charge in [-0.2, -0.15) is 5.26 Å². The lowest BCUT2D eigenvalue weighted by Crippen LogP contribution is -2.30. The molecule has 1 N–H and O–H groups in total. The number of aromatic nitrogens is 3. The van der Waals surface area contributed by atoms with Crippen LogP contribution >= 0.6 is 0 Å². The normalized spacial score (nSPS) is 17.5. The number of benzene rings is 3. The monoisotopic (exact) mass is 485 g/mol. The fourth-order valence-corrected chi connectivity index (χ4v) is 5.74. The van der Waals surface area contributed by atoms with E-state index in [0.29, 0.717) is 17.4 Å². The molecule has 1 atom stereocenters. The molecule has 1 saturated heterocycles. The Kier molecular flexibility index (Phi) is 5.10. The molecular weight excluding hydrogens is 458 g/mol. The molecule has 37 heavy (non-hydrogen) atoms. The van der Waals surface area contributed by atoms with Crippen molar-refractivity contribution < 1.29 is 4.79 Å². The van der Waals surface area contributed by atoms with E-state index in [-0.39, 0.29) is 5.92 Å². The zero-order valence-electron chi connectivity index (χ0n) is 20.5. The highest BCUT2D eigenvalue weighted by Crippen LogP contribution is 2.35. The lowest BCUT2D eigenvalue weighted by Gasteiger charge is -2.18. The second kappa shape index (κ2) is 8.63. The van der Waals surface area contributed by atoms with Crippen molar-refractivity contribution in [3.8, 4) is 28.6 Å². The van der Waals surface area contributed by atoms with E-state index in [1.807, 2.05) is 29.3 Å². The fraction of sp³-hybridized carbons (Fsp3) is 0.258. The van der Waals surface area contributed by atoms with E-state index in [0.717, 1.165) is 78.0 Å². The zero-order valence-corrected chi connectivity index (χ0v) is 20.5. The number of amides is 1. The van der Waals surface area contributed by atoms with Gasteiger partial charge in [-0.3, -0.25) is 4.79 Å². The van der Waals surface area contributed by atoms with Crippen LogP contribution in [0.3, 0.4) is 0 Å². The number of rotatable bonds is 5. The summed E-state index contributed by atoms with van der Waals surface area (Å²) in [5.41, 5.74) is 6.80. The van der Waals surface area contributed by atoms with Crippen molar-refractivity contribution in [3.05, 3.63) is 78.5 Å². The Morgan fingerprint density at radius 1 is 1.00 bits per heavy atom. The molecule has 0 unspecified atom stereocenters. The molecule has 5 aromatic rings. The highest BCUT2D eigenvalue weighted by atomic mass is 16.2. The van der Waals surface area contributed by atoms with Gasteiger partial charge in [-0.25, -0.2) is 4.98 Å². The van der Waals surface area contributed by atoms with E-state index in [1.165, 1.54) is 5.39 Å². The van der Waals surface area contributed by atoms with Crippen LogP contribution in [0.2, 0.25) is 0 Å². The van der Waals surface area contributed by atoms with Gasteiger partial charge in [-0.1, -0.05) is 42.5 Å². The second-order valence-corrected chi connectivity index (χ2v) is 10.4. The Morgan fingerprint density at radius 2 is 1.81 bits per heavy atom. The van der Waals surface area contributed by atoms with Crippen LogP contribution < -0.4 is 0 Å². The topological polar surface area (TPSA) is 77.7 Å². The number of carbonyl (C=O) groups is 1. The number of carbonyl (C=O) groups excluding carboxylic acids is 1. The third-order valence-electron chi connectivity index (χ3n) is 7.88. The number of aromatic amines is 1. The first-order valence-electron chi connectivity index (χ1n) is 13.0. The Hall–Kier alpha value is -4.37. The molecule has 6 heteroatoms. The molecule has 0 radical (unpaired) electrons. The number of para-hydroxylation sites is 1. The van der Waals surface area contributed by atoms with Gasteiger partial charge in [-0.15, -0.1) is 0 Å². The van der Waals surface area contributed by atoms with Crippen LogP contribution in [-0.2, 0) is 11.3 Å². The van der Waals surface area contributed by atoms with Crippen LogP contribution in [0.25, 0.3) is 44.5 Å². The second-order valence-electron chi connectivity index (χ2n) is 10.4. The summed E-state index contributed by atoms with van der Waals surface area (Å²) in [6.45, 7) is 2.35. The van der Waals surface area contributed by atoms with Crippen molar-refractivity contribution in [3.63, 3.8) is 0 Å². The molecule has 1 aliphatic carbocycles.